The molecule has 1 rings (SSSR count). The maximum Gasteiger partial charge on any atom is 0.263 e. The zero-order valence-corrected chi connectivity index (χ0v) is 12.9. The van der Waals surface area contributed by atoms with Gasteiger partial charge < -0.3 is 10.1 Å². The first-order valence-corrected chi connectivity index (χ1v) is 6.85. The molecule has 0 spiro atoms. The van der Waals surface area contributed by atoms with E-state index in [1.807, 2.05) is 6.92 Å². The van der Waals surface area contributed by atoms with Crippen LogP contribution in [0.3, 0.4) is 0 Å². The second-order valence-electron chi connectivity index (χ2n) is 5.57. The van der Waals surface area contributed by atoms with Gasteiger partial charge >= 0.3 is 0 Å². The molecule has 1 amide bonds. The van der Waals surface area contributed by atoms with E-state index in [0.717, 1.165) is 0 Å². The number of hydrogen-bond donors (Lipinski definition) is 1. The third kappa shape index (κ3) is 4.75. The number of halogens is 1. The first-order valence-electron chi connectivity index (χ1n) is 6.48. The van der Waals surface area contributed by atoms with Crippen molar-refractivity contribution in [1.82, 2.24) is 5.32 Å². The van der Waals surface area contributed by atoms with Crippen LogP contribution in [0.4, 0.5) is 0 Å². The fourth-order valence-corrected chi connectivity index (χ4v) is 1.52. The fourth-order valence-electron chi connectivity index (χ4n) is 1.39. The number of carbonyl (C=O) groups excluding carboxylic acids is 1. The summed E-state index contributed by atoms with van der Waals surface area (Å²) in [4.78, 5) is 12.2. The van der Waals surface area contributed by atoms with Gasteiger partial charge in [0.1, 0.15) is 5.75 Å². The molecular formula is C15H22ClNO2. The zero-order chi connectivity index (χ0) is 14.6. The Kier molecular flexibility index (Phi) is 5.24. The number of benzene rings is 1. The minimum Gasteiger partial charge on any atom is -0.478 e. The predicted molar refractivity (Wildman–Crippen MR) is 78.6 cm³/mol. The molecule has 0 bridgehead atoms. The molecule has 1 N–H and O–H groups in total. The average molecular weight is 284 g/mol. The molecule has 1 aromatic rings. The van der Waals surface area contributed by atoms with Crippen molar-refractivity contribution in [2.75, 3.05) is 0 Å². The van der Waals surface area contributed by atoms with Crippen molar-refractivity contribution in [3.63, 3.8) is 0 Å². The summed E-state index contributed by atoms with van der Waals surface area (Å²) in [6.07, 6.45) is 0. The molecule has 1 unspecified atom stereocenters. The van der Waals surface area contributed by atoms with Crippen molar-refractivity contribution in [3.8, 4) is 5.75 Å². The Balaban J connectivity index is 2.69. The van der Waals surface area contributed by atoms with E-state index in [0.29, 0.717) is 16.7 Å². The van der Waals surface area contributed by atoms with Gasteiger partial charge in [0, 0.05) is 11.1 Å². The van der Waals surface area contributed by atoms with Gasteiger partial charge in [-0.05, 0) is 51.0 Å². The normalized spacial score (nSPS) is 13.2. The van der Waals surface area contributed by atoms with Crippen LogP contribution in [0.15, 0.2) is 24.3 Å². The lowest BCUT2D eigenvalue weighted by molar-refractivity contribution is -0.135. The standard InChI is InChI=1S/C15H22ClNO2/c1-10(2)11(3)17-14(18)15(4,5)19-13-8-6-12(16)7-9-13/h6-11H,1-5H3,(H,17,18). The summed E-state index contributed by atoms with van der Waals surface area (Å²) in [5.41, 5.74) is -0.920. The molecule has 0 heterocycles. The molecular weight excluding hydrogens is 262 g/mol. The molecule has 0 aliphatic carbocycles. The highest BCUT2D eigenvalue weighted by Crippen LogP contribution is 2.21. The van der Waals surface area contributed by atoms with Crippen molar-refractivity contribution in [2.45, 2.75) is 46.3 Å². The van der Waals surface area contributed by atoms with E-state index in [1.165, 1.54) is 0 Å². The summed E-state index contributed by atoms with van der Waals surface area (Å²) in [5.74, 6) is 0.890. The van der Waals surface area contributed by atoms with Crippen molar-refractivity contribution in [1.29, 1.82) is 0 Å². The van der Waals surface area contributed by atoms with Crippen LogP contribution in [0.25, 0.3) is 0 Å². The van der Waals surface area contributed by atoms with Crippen molar-refractivity contribution in [3.05, 3.63) is 29.3 Å². The van der Waals surface area contributed by atoms with E-state index < -0.39 is 5.60 Å². The molecule has 3 nitrogen and oxygen atoms in total. The highest BCUT2D eigenvalue weighted by Gasteiger charge is 2.31. The van der Waals surface area contributed by atoms with Gasteiger partial charge in [-0.3, -0.25) is 4.79 Å². The Hall–Kier alpha value is -1.22. The van der Waals surface area contributed by atoms with Gasteiger partial charge in [0.25, 0.3) is 5.91 Å². The van der Waals surface area contributed by atoms with Crippen LogP contribution in [0, 0.1) is 5.92 Å². The first kappa shape index (κ1) is 15.8. The van der Waals surface area contributed by atoms with Crippen LogP contribution < -0.4 is 10.1 Å². The number of carbonyl (C=O) groups is 1. The topological polar surface area (TPSA) is 38.3 Å². The van der Waals surface area contributed by atoms with E-state index in [1.54, 1.807) is 38.1 Å². The van der Waals surface area contributed by atoms with E-state index in [2.05, 4.69) is 19.2 Å². The maximum absolute atomic E-state index is 12.2. The SMILES string of the molecule is CC(C)C(C)NC(=O)C(C)(C)Oc1ccc(Cl)cc1. The van der Waals surface area contributed by atoms with Crippen LogP contribution in [0.2, 0.25) is 5.02 Å². The molecule has 0 aliphatic heterocycles. The van der Waals surface area contributed by atoms with Crippen LogP contribution >= 0.6 is 11.6 Å². The summed E-state index contributed by atoms with van der Waals surface area (Å²) in [6.45, 7) is 9.63. The Bertz CT molecular complexity index is 426. The molecule has 19 heavy (non-hydrogen) atoms. The summed E-state index contributed by atoms with van der Waals surface area (Å²) < 4.78 is 5.73. The number of amides is 1. The Morgan fingerprint density at radius 3 is 2.21 bits per heavy atom. The van der Waals surface area contributed by atoms with Crippen LogP contribution in [-0.2, 0) is 4.79 Å². The maximum atomic E-state index is 12.2. The second-order valence-corrected chi connectivity index (χ2v) is 6.01. The Morgan fingerprint density at radius 1 is 1.21 bits per heavy atom. The lowest BCUT2D eigenvalue weighted by atomic mass is 10.0. The molecule has 106 valence electrons. The van der Waals surface area contributed by atoms with Gasteiger partial charge in [-0.25, -0.2) is 0 Å². The van der Waals surface area contributed by atoms with Crippen LogP contribution in [0.1, 0.15) is 34.6 Å². The molecule has 0 aromatic heterocycles. The summed E-state index contributed by atoms with van der Waals surface area (Å²) in [7, 11) is 0. The zero-order valence-electron chi connectivity index (χ0n) is 12.2. The average Bonchev–Trinajstić information content (AvgIpc) is 2.31. The largest absolute Gasteiger partial charge is 0.478 e. The quantitative estimate of drug-likeness (QED) is 0.896. The number of rotatable bonds is 5. The van der Waals surface area contributed by atoms with Crippen LogP contribution in [0.5, 0.6) is 5.75 Å². The summed E-state index contributed by atoms with van der Waals surface area (Å²) in [6, 6.07) is 7.09. The molecule has 0 saturated carbocycles. The molecule has 4 heteroatoms. The highest BCUT2D eigenvalue weighted by molar-refractivity contribution is 6.30. The summed E-state index contributed by atoms with van der Waals surface area (Å²) in [5, 5.41) is 3.60. The number of nitrogens with one attached hydrogen (secondary N) is 1. The molecule has 0 aliphatic rings. The van der Waals surface area contributed by atoms with Gasteiger partial charge in [-0.15, -0.1) is 0 Å². The van der Waals surface area contributed by atoms with Crippen LogP contribution in [-0.4, -0.2) is 17.6 Å². The first-order chi connectivity index (χ1) is 8.72. The molecule has 0 radical (unpaired) electrons. The monoisotopic (exact) mass is 283 g/mol. The van der Waals surface area contributed by atoms with E-state index in [4.69, 9.17) is 16.3 Å². The number of ether oxygens (including phenoxy) is 1. The van der Waals surface area contributed by atoms with Crippen molar-refractivity contribution in [2.24, 2.45) is 5.92 Å². The second kappa shape index (κ2) is 6.29. The molecule has 0 saturated heterocycles. The Morgan fingerprint density at radius 2 is 1.74 bits per heavy atom. The van der Waals surface area contributed by atoms with E-state index >= 15 is 0 Å². The lowest BCUT2D eigenvalue weighted by Crippen LogP contribution is -2.50. The lowest BCUT2D eigenvalue weighted by Gasteiger charge is -2.28. The van der Waals surface area contributed by atoms with Crippen molar-refractivity contribution < 1.29 is 9.53 Å². The number of hydrogen-bond acceptors (Lipinski definition) is 2. The van der Waals surface area contributed by atoms with Gasteiger partial charge in [0.05, 0.1) is 0 Å². The summed E-state index contributed by atoms with van der Waals surface area (Å²) >= 11 is 5.81. The fraction of sp³-hybridized carbons (Fsp3) is 0.533. The third-order valence-corrected chi connectivity index (χ3v) is 3.34. The highest BCUT2D eigenvalue weighted by atomic mass is 35.5. The molecule has 1 atom stereocenters. The predicted octanol–water partition coefficient (Wildman–Crippen LogP) is 3.66. The van der Waals surface area contributed by atoms with E-state index in [-0.39, 0.29) is 11.9 Å². The minimum absolute atomic E-state index is 0.112. The third-order valence-electron chi connectivity index (χ3n) is 3.09. The Labute approximate surface area is 120 Å². The van der Waals surface area contributed by atoms with Gasteiger partial charge in [-0.2, -0.15) is 0 Å². The van der Waals surface area contributed by atoms with Gasteiger partial charge in [0.15, 0.2) is 5.60 Å². The van der Waals surface area contributed by atoms with Gasteiger partial charge in [0.2, 0.25) is 0 Å². The van der Waals surface area contributed by atoms with Gasteiger partial charge in [-0.1, -0.05) is 25.4 Å². The minimum atomic E-state index is -0.920. The van der Waals surface area contributed by atoms with E-state index in [9.17, 15) is 4.79 Å². The van der Waals surface area contributed by atoms with Crippen molar-refractivity contribution >= 4 is 17.5 Å². The molecule has 0 fully saturated rings. The smallest absolute Gasteiger partial charge is 0.263 e. The molecule has 1 aromatic carbocycles.